The number of carbonyl (C=O) groups excluding carboxylic acids is 1. The molecule has 14 heavy (non-hydrogen) atoms. The number of thioether (sulfide) groups is 1. The highest BCUT2D eigenvalue weighted by Crippen LogP contribution is 2.16. The van der Waals surface area contributed by atoms with Crippen molar-refractivity contribution in [3.05, 3.63) is 0 Å². The Morgan fingerprint density at radius 1 is 1.71 bits per heavy atom. The number of hydrogen-bond donors (Lipinski definition) is 1. The van der Waals surface area contributed by atoms with Gasteiger partial charge in [0.15, 0.2) is 0 Å². The fraction of sp³-hybridized carbons (Fsp3) is 0.900. The van der Waals surface area contributed by atoms with Crippen LogP contribution < -0.4 is 5.73 Å². The summed E-state index contributed by atoms with van der Waals surface area (Å²) in [6.45, 7) is 5.12. The molecule has 1 heterocycles. The van der Waals surface area contributed by atoms with Crippen LogP contribution in [0.2, 0.25) is 0 Å². The van der Waals surface area contributed by atoms with Crippen LogP contribution in [0.15, 0.2) is 0 Å². The minimum absolute atomic E-state index is 0.138. The SMILES string of the molecule is CCSCCC(C)N1CCC(N)C1=O. The summed E-state index contributed by atoms with van der Waals surface area (Å²) in [7, 11) is 0. The van der Waals surface area contributed by atoms with Crippen molar-refractivity contribution in [3.63, 3.8) is 0 Å². The van der Waals surface area contributed by atoms with Crippen LogP contribution in [-0.2, 0) is 4.79 Å². The molecule has 2 N–H and O–H groups in total. The van der Waals surface area contributed by atoms with Crippen molar-refractivity contribution in [2.45, 2.75) is 38.8 Å². The number of carbonyl (C=O) groups is 1. The Morgan fingerprint density at radius 3 is 2.93 bits per heavy atom. The Balaban J connectivity index is 2.30. The van der Waals surface area contributed by atoms with Crippen LogP contribution in [0.4, 0.5) is 0 Å². The van der Waals surface area contributed by atoms with E-state index in [0.29, 0.717) is 6.04 Å². The summed E-state index contributed by atoms with van der Waals surface area (Å²) in [6.07, 6.45) is 1.90. The second-order valence-corrected chi connectivity index (χ2v) is 5.16. The van der Waals surface area contributed by atoms with E-state index in [1.165, 1.54) is 0 Å². The Labute approximate surface area is 90.4 Å². The van der Waals surface area contributed by atoms with Crippen LogP contribution in [0.25, 0.3) is 0 Å². The van der Waals surface area contributed by atoms with E-state index in [-0.39, 0.29) is 11.9 Å². The minimum atomic E-state index is -0.240. The third-order valence-electron chi connectivity index (χ3n) is 2.70. The molecule has 0 aromatic rings. The smallest absolute Gasteiger partial charge is 0.239 e. The van der Waals surface area contributed by atoms with Gasteiger partial charge in [0.1, 0.15) is 0 Å². The van der Waals surface area contributed by atoms with Gasteiger partial charge in [0, 0.05) is 12.6 Å². The van der Waals surface area contributed by atoms with Gasteiger partial charge in [-0.05, 0) is 31.3 Å². The molecule has 0 saturated carbocycles. The average molecular weight is 216 g/mol. The summed E-state index contributed by atoms with van der Waals surface area (Å²) in [5, 5.41) is 0. The van der Waals surface area contributed by atoms with Gasteiger partial charge in [-0.2, -0.15) is 11.8 Å². The lowest BCUT2D eigenvalue weighted by Crippen LogP contribution is -2.39. The fourth-order valence-electron chi connectivity index (χ4n) is 1.72. The molecule has 1 fully saturated rings. The first-order valence-corrected chi connectivity index (χ1v) is 6.46. The molecule has 0 bridgehead atoms. The maximum absolute atomic E-state index is 11.6. The summed E-state index contributed by atoms with van der Waals surface area (Å²) >= 11 is 1.93. The van der Waals surface area contributed by atoms with E-state index >= 15 is 0 Å². The highest BCUT2D eigenvalue weighted by Gasteiger charge is 2.31. The van der Waals surface area contributed by atoms with Crippen LogP contribution >= 0.6 is 11.8 Å². The van der Waals surface area contributed by atoms with Gasteiger partial charge in [-0.15, -0.1) is 0 Å². The van der Waals surface area contributed by atoms with Crippen molar-refractivity contribution in [1.82, 2.24) is 4.90 Å². The lowest BCUT2D eigenvalue weighted by atomic mass is 10.2. The van der Waals surface area contributed by atoms with Crippen molar-refractivity contribution in [2.24, 2.45) is 5.73 Å². The first-order chi connectivity index (χ1) is 6.66. The molecular formula is C10H20N2OS. The molecule has 1 saturated heterocycles. The zero-order valence-electron chi connectivity index (χ0n) is 9.03. The van der Waals surface area contributed by atoms with E-state index in [0.717, 1.165) is 30.9 Å². The fourth-order valence-corrected chi connectivity index (χ4v) is 2.51. The van der Waals surface area contributed by atoms with Crippen molar-refractivity contribution < 1.29 is 4.79 Å². The Bertz CT molecular complexity index is 199. The molecule has 2 unspecified atom stereocenters. The molecule has 0 aliphatic carbocycles. The van der Waals surface area contributed by atoms with Crippen molar-refractivity contribution >= 4 is 17.7 Å². The highest BCUT2D eigenvalue weighted by molar-refractivity contribution is 7.99. The summed E-state index contributed by atoms with van der Waals surface area (Å²) in [4.78, 5) is 13.5. The number of hydrogen-bond acceptors (Lipinski definition) is 3. The van der Waals surface area contributed by atoms with E-state index in [2.05, 4.69) is 13.8 Å². The molecule has 1 amide bonds. The van der Waals surface area contributed by atoms with Crippen LogP contribution in [-0.4, -0.2) is 40.9 Å². The van der Waals surface area contributed by atoms with Gasteiger partial charge in [0.05, 0.1) is 6.04 Å². The number of nitrogens with two attached hydrogens (primary N) is 1. The van der Waals surface area contributed by atoms with E-state index in [9.17, 15) is 4.79 Å². The molecule has 1 rings (SSSR count). The zero-order valence-corrected chi connectivity index (χ0v) is 9.85. The molecule has 1 aliphatic rings. The molecule has 0 aromatic carbocycles. The van der Waals surface area contributed by atoms with Crippen molar-refractivity contribution in [3.8, 4) is 0 Å². The Hall–Kier alpha value is -0.220. The second kappa shape index (κ2) is 5.61. The molecule has 4 heteroatoms. The predicted molar refractivity (Wildman–Crippen MR) is 61.4 cm³/mol. The number of nitrogens with zero attached hydrogens (tertiary/aromatic N) is 1. The molecule has 82 valence electrons. The molecule has 0 radical (unpaired) electrons. The van der Waals surface area contributed by atoms with Gasteiger partial charge in [0.25, 0.3) is 0 Å². The molecule has 1 aliphatic heterocycles. The standard InChI is InChI=1S/C10H20N2OS/c1-3-14-7-5-8(2)12-6-4-9(11)10(12)13/h8-9H,3-7,11H2,1-2H3. The van der Waals surface area contributed by atoms with E-state index < -0.39 is 0 Å². The Kier molecular flexibility index (Phi) is 4.75. The minimum Gasteiger partial charge on any atom is -0.339 e. The van der Waals surface area contributed by atoms with Crippen LogP contribution in [0.3, 0.4) is 0 Å². The Morgan fingerprint density at radius 2 is 2.43 bits per heavy atom. The molecule has 2 atom stereocenters. The topological polar surface area (TPSA) is 46.3 Å². The van der Waals surface area contributed by atoms with Crippen molar-refractivity contribution in [2.75, 3.05) is 18.1 Å². The zero-order chi connectivity index (χ0) is 10.6. The third-order valence-corrected chi connectivity index (χ3v) is 3.63. The summed E-state index contributed by atoms with van der Waals surface area (Å²) in [5.41, 5.74) is 5.66. The normalized spacial score (nSPS) is 24.4. The highest BCUT2D eigenvalue weighted by atomic mass is 32.2. The van der Waals surface area contributed by atoms with E-state index in [1.807, 2.05) is 16.7 Å². The number of rotatable bonds is 5. The maximum Gasteiger partial charge on any atom is 0.239 e. The summed E-state index contributed by atoms with van der Waals surface area (Å²) in [6, 6.07) is 0.117. The monoisotopic (exact) mass is 216 g/mol. The maximum atomic E-state index is 11.6. The number of amides is 1. The van der Waals surface area contributed by atoms with Gasteiger partial charge in [-0.1, -0.05) is 6.92 Å². The average Bonchev–Trinajstić information content (AvgIpc) is 2.48. The van der Waals surface area contributed by atoms with Crippen molar-refractivity contribution in [1.29, 1.82) is 0 Å². The summed E-state index contributed by atoms with van der Waals surface area (Å²) < 4.78 is 0. The first-order valence-electron chi connectivity index (χ1n) is 5.30. The predicted octanol–water partition coefficient (Wildman–Crippen LogP) is 1.08. The molecule has 0 spiro atoms. The first kappa shape index (κ1) is 11.9. The largest absolute Gasteiger partial charge is 0.339 e. The van der Waals surface area contributed by atoms with Gasteiger partial charge in [0.2, 0.25) is 5.91 Å². The molecule has 3 nitrogen and oxygen atoms in total. The van der Waals surface area contributed by atoms with Crippen LogP contribution in [0.1, 0.15) is 26.7 Å². The van der Waals surface area contributed by atoms with Gasteiger partial charge >= 0.3 is 0 Å². The van der Waals surface area contributed by atoms with E-state index in [1.54, 1.807) is 0 Å². The summed E-state index contributed by atoms with van der Waals surface area (Å²) in [5.74, 6) is 2.43. The van der Waals surface area contributed by atoms with Gasteiger partial charge in [-0.3, -0.25) is 4.79 Å². The molecular weight excluding hydrogens is 196 g/mol. The quantitative estimate of drug-likeness (QED) is 0.699. The van der Waals surface area contributed by atoms with Crippen LogP contribution in [0, 0.1) is 0 Å². The van der Waals surface area contributed by atoms with Crippen LogP contribution in [0.5, 0.6) is 0 Å². The second-order valence-electron chi connectivity index (χ2n) is 3.76. The number of likely N-dealkylation sites (tertiary alicyclic amines) is 1. The van der Waals surface area contributed by atoms with E-state index in [4.69, 9.17) is 5.73 Å². The molecule has 0 aromatic heterocycles. The third kappa shape index (κ3) is 2.89. The lowest BCUT2D eigenvalue weighted by Gasteiger charge is -2.24. The van der Waals surface area contributed by atoms with Gasteiger partial charge < -0.3 is 10.6 Å². The van der Waals surface area contributed by atoms with Gasteiger partial charge in [-0.25, -0.2) is 0 Å². The lowest BCUT2D eigenvalue weighted by molar-refractivity contribution is -0.130.